The normalized spacial score (nSPS) is 10.7. The first-order chi connectivity index (χ1) is 10.7. The molecule has 3 aromatic carbocycles. The first kappa shape index (κ1) is 14.5. The van der Waals surface area contributed by atoms with E-state index in [1.54, 1.807) is 7.11 Å². The van der Waals surface area contributed by atoms with Gasteiger partial charge >= 0.3 is 0 Å². The number of nitrogens with one attached hydrogen (secondary N) is 1. The van der Waals surface area contributed by atoms with E-state index in [0.717, 1.165) is 23.4 Å². The molecule has 2 nitrogen and oxygen atoms in total. The van der Waals surface area contributed by atoms with Crippen LogP contribution in [0, 0.1) is 13.8 Å². The average Bonchev–Trinajstić information content (AvgIpc) is 2.51. The van der Waals surface area contributed by atoms with Gasteiger partial charge in [-0.1, -0.05) is 36.4 Å². The zero-order valence-corrected chi connectivity index (χ0v) is 13.3. The summed E-state index contributed by atoms with van der Waals surface area (Å²) in [6.45, 7) is 5.05. The van der Waals surface area contributed by atoms with Gasteiger partial charge in [0.2, 0.25) is 0 Å². The lowest BCUT2D eigenvalue weighted by molar-refractivity contribution is 0.419. The van der Waals surface area contributed by atoms with Crippen molar-refractivity contribution in [1.82, 2.24) is 0 Å². The van der Waals surface area contributed by atoms with Crippen LogP contribution in [-0.4, -0.2) is 7.11 Å². The molecule has 3 rings (SSSR count). The minimum Gasteiger partial charge on any atom is -0.496 e. The van der Waals surface area contributed by atoms with Crippen molar-refractivity contribution in [3.63, 3.8) is 0 Å². The number of ether oxygens (including phenoxy) is 1. The highest BCUT2D eigenvalue weighted by Crippen LogP contribution is 2.28. The van der Waals surface area contributed by atoms with Crippen molar-refractivity contribution in [2.45, 2.75) is 20.4 Å². The highest BCUT2D eigenvalue weighted by Gasteiger charge is 2.06. The van der Waals surface area contributed by atoms with Gasteiger partial charge in [0.25, 0.3) is 0 Å². The summed E-state index contributed by atoms with van der Waals surface area (Å²) in [6.07, 6.45) is 0. The Labute approximate surface area is 131 Å². The first-order valence-corrected chi connectivity index (χ1v) is 7.54. The summed E-state index contributed by atoms with van der Waals surface area (Å²) in [4.78, 5) is 0. The average molecular weight is 291 g/mol. The van der Waals surface area contributed by atoms with Crippen molar-refractivity contribution >= 4 is 16.5 Å². The van der Waals surface area contributed by atoms with E-state index < -0.39 is 0 Å². The zero-order valence-electron chi connectivity index (χ0n) is 13.3. The Bertz CT molecular complexity index is 788. The van der Waals surface area contributed by atoms with Crippen LogP contribution < -0.4 is 10.1 Å². The molecule has 0 radical (unpaired) electrons. The summed E-state index contributed by atoms with van der Waals surface area (Å²) < 4.78 is 5.46. The summed E-state index contributed by atoms with van der Waals surface area (Å²) in [6, 6.07) is 19.1. The SMILES string of the molecule is COc1ccc(CNc2cc(C)cc(C)c2)c2ccccc12. The quantitative estimate of drug-likeness (QED) is 0.724. The second-order valence-corrected chi connectivity index (χ2v) is 5.70. The first-order valence-electron chi connectivity index (χ1n) is 7.54. The van der Waals surface area contributed by atoms with Crippen LogP contribution in [-0.2, 0) is 6.54 Å². The monoisotopic (exact) mass is 291 g/mol. The Hall–Kier alpha value is -2.48. The number of aryl methyl sites for hydroxylation is 2. The summed E-state index contributed by atoms with van der Waals surface area (Å²) in [5.41, 5.74) is 5.00. The number of anilines is 1. The van der Waals surface area contributed by atoms with Crippen molar-refractivity contribution in [3.8, 4) is 5.75 Å². The lowest BCUT2D eigenvalue weighted by atomic mass is 10.0. The molecule has 0 saturated heterocycles. The molecule has 3 aromatic rings. The van der Waals surface area contributed by atoms with Crippen LogP contribution in [0.15, 0.2) is 54.6 Å². The van der Waals surface area contributed by atoms with Gasteiger partial charge in [0.15, 0.2) is 0 Å². The zero-order chi connectivity index (χ0) is 15.5. The Morgan fingerprint density at radius 3 is 2.23 bits per heavy atom. The Kier molecular flexibility index (Phi) is 4.01. The molecule has 0 bridgehead atoms. The molecular formula is C20H21NO. The van der Waals surface area contributed by atoms with Crippen molar-refractivity contribution < 1.29 is 4.74 Å². The fraction of sp³-hybridized carbons (Fsp3) is 0.200. The molecule has 22 heavy (non-hydrogen) atoms. The molecule has 0 amide bonds. The standard InChI is InChI=1S/C20H21NO/c1-14-10-15(2)12-17(11-14)21-13-16-8-9-20(22-3)19-7-5-4-6-18(16)19/h4-12,21H,13H2,1-3H3. The highest BCUT2D eigenvalue weighted by molar-refractivity contribution is 5.91. The Morgan fingerprint density at radius 1 is 0.864 bits per heavy atom. The fourth-order valence-corrected chi connectivity index (χ4v) is 2.94. The van der Waals surface area contributed by atoms with Crippen LogP contribution in [0.25, 0.3) is 10.8 Å². The molecule has 0 atom stereocenters. The van der Waals surface area contributed by atoms with Gasteiger partial charge in [0, 0.05) is 17.6 Å². The lowest BCUT2D eigenvalue weighted by Gasteiger charge is -2.13. The van der Waals surface area contributed by atoms with Gasteiger partial charge in [0.05, 0.1) is 7.11 Å². The molecular weight excluding hydrogens is 270 g/mol. The predicted octanol–water partition coefficient (Wildman–Crippen LogP) is 5.08. The molecule has 0 aromatic heterocycles. The molecule has 0 fully saturated rings. The minimum absolute atomic E-state index is 0.799. The smallest absolute Gasteiger partial charge is 0.126 e. The number of hydrogen-bond acceptors (Lipinski definition) is 2. The van der Waals surface area contributed by atoms with Gasteiger partial charge in [-0.15, -0.1) is 0 Å². The van der Waals surface area contributed by atoms with E-state index in [1.165, 1.54) is 22.1 Å². The lowest BCUT2D eigenvalue weighted by Crippen LogP contribution is -2.01. The van der Waals surface area contributed by atoms with Crippen molar-refractivity contribution in [2.24, 2.45) is 0 Å². The molecule has 0 saturated carbocycles. The van der Waals surface area contributed by atoms with Crippen LogP contribution in [0.3, 0.4) is 0 Å². The van der Waals surface area contributed by atoms with E-state index in [2.05, 4.69) is 61.6 Å². The Morgan fingerprint density at radius 2 is 1.55 bits per heavy atom. The molecule has 2 heteroatoms. The van der Waals surface area contributed by atoms with Crippen LogP contribution in [0.1, 0.15) is 16.7 Å². The van der Waals surface area contributed by atoms with Crippen LogP contribution >= 0.6 is 0 Å². The number of methoxy groups -OCH3 is 1. The van der Waals surface area contributed by atoms with Crippen LogP contribution in [0.2, 0.25) is 0 Å². The summed E-state index contributed by atoms with van der Waals surface area (Å²) in [5.74, 6) is 0.922. The van der Waals surface area contributed by atoms with E-state index in [4.69, 9.17) is 4.74 Å². The number of fused-ring (bicyclic) bond motifs is 1. The summed E-state index contributed by atoms with van der Waals surface area (Å²) in [5, 5.41) is 5.92. The van der Waals surface area contributed by atoms with E-state index in [1.807, 2.05) is 12.1 Å². The molecule has 0 aliphatic rings. The maximum absolute atomic E-state index is 5.46. The molecule has 0 unspecified atom stereocenters. The molecule has 0 heterocycles. The third-order valence-corrected chi connectivity index (χ3v) is 3.90. The molecule has 0 aliphatic heterocycles. The van der Waals surface area contributed by atoms with Crippen molar-refractivity contribution in [2.75, 3.05) is 12.4 Å². The summed E-state index contributed by atoms with van der Waals surface area (Å²) in [7, 11) is 1.72. The molecule has 1 N–H and O–H groups in total. The molecule has 112 valence electrons. The largest absolute Gasteiger partial charge is 0.496 e. The fourth-order valence-electron chi connectivity index (χ4n) is 2.94. The maximum Gasteiger partial charge on any atom is 0.126 e. The van der Waals surface area contributed by atoms with Gasteiger partial charge in [-0.25, -0.2) is 0 Å². The third kappa shape index (κ3) is 2.91. The number of rotatable bonds is 4. The number of hydrogen-bond donors (Lipinski definition) is 1. The number of benzene rings is 3. The second-order valence-electron chi connectivity index (χ2n) is 5.70. The van der Waals surface area contributed by atoms with E-state index in [9.17, 15) is 0 Å². The van der Waals surface area contributed by atoms with Crippen molar-refractivity contribution in [1.29, 1.82) is 0 Å². The highest BCUT2D eigenvalue weighted by atomic mass is 16.5. The van der Waals surface area contributed by atoms with Crippen LogP contribution in [0.5, 0.6) is 5.75 Å². The van der Waals surface area contributed by atoms with E-state index >= 15 is 0 Å². The maximum atomic E-state index is 5.46. The van der Waals surface area contributed by atoms with Crippen LogP contribution in [0.4, 0.5) is 5.69 Å². The predicted molar refractivity (Wildman–Crippen MR) is 93.7 cm³/mol. The molecule has 0 spiro atoms. The van der Waals surface area contributed by atoms with Crippen molar-refractivity contribution in [3.05, 3.63) is 71.3 Å². The van der Waals surface area contributed by atoms with Gasteiger partial charge in [-0.3, -0.25) is 0 Å². The topological polar surface area (TPSA) is 21.3 Å². The van der Waals surface area contributed by atoms with Gasteiger partial charge in [0.1, 0.15) is 5.75 Å². The van der Waals surface area contributed by atoms with E-state index in [0.29, 0.717) is 0 Å². The Balaban J connectivity index is 1.91. The molecule has 0 aliphatic carbocycles. The van der Waals surface area contributed by atoms with Gasteiger partial charge < -0.3 is 10.1 Å². The second kappa shape index (κ2) is 6.10. The van der Waals surface area contributed by atoms with E-state index in [-0.39, 0.29) is 0 Å². The minimum atomic E-state index is 0.799. The summed E-state index contributed by atoms with van der Waals surface area (Å²) >= 11 is 0. The third-order valence-electron chi connectivity index (χ3n) is 3.90. The van der Waals surface area contributed by atoms with Gasteiger partial charge in [-0.2, -0.15) is 0 Å². The van der Waals surface area contributed by atoms with Gasteiger partial charge in [-0.05, 0) is 54.1 Å².